The molecule has 1 saturated carbocycles. The molecule has 1 fully saturated rings. The summed E-state index contributed by atoms with van der Waals surface area (Å²) >= 11 is 0. The molecule has 1 heterocycles. The lowest BCUT2D eigenvalue weighted by atomic mass is 10.3. The maximum atomic E-state index is 11.5. The number of hydrazine groups is 1. The normalized spacial score (nSPS) is 14.0. The molecule has 1 aromatic rings. The van der Waals surface area contributed by atoms with E-state index in [9.17, 15) is 4.79 Å². The highest BCUT2D eigenvalue weighted by Gasteiger charge is 2.22. The van der Waals surface area contributed by atoms with Crippen LogP contribution in [0.1, 0.15) is 31.5 Å². The lowest BCUT2D eigenvalue weighted by molar-refractivity contribution is -0.121. The maximum absolute atomic E-state index is 11.5. The third-order valence-corrected chi connectivity index (χ3v) is 2.82. The molecule has 0 aliphatic heterocycles. The van der Waals surface area contributed by atoms with Crippen molar-refractivity contribution in [3.8, 4) is 0 Å². The highest BCUT2D eigenvalue weighted by atomic mass is 16.1. The second-order valence-corrected chi connectivity index (χ2v) is 4.70. The van der Waals surface area contributed by atoms with E-state index in [1.807, 2.05) is 0 Å². The van der Waals surface area contributed by atoms with E-state index in [0.29, 0.717) is 36.5 Å². The zero-order valence-electron chi connectivity index (χ0n) is 11.1. The number of nitrogens with one attached hydrogen (secondary N) is 3. The molecule has 2 rings (SSSR count). The van der Waals surface area contributed by atoms with Gasteiger partial charge in [0.05, 0.1) is 0 Å². The van der Waals surface area contributed by atoms with Crippen molar-refractivity contribution < 1.29 is 4.79 Å². The topological polar surface area (TPSA) is 105 Å². The third-order valence-electron chi connectivity index (χ3n) is 2.82. The number of nitrogens with two attached hydrogens (primary N) is 1. The number of nitrogen functional groups attached to an aromatic ring is 1. The molecule has 0 radical (unpaired) electrons. The van der Waals surface area contributed by atoms with Gasteiger partial charge in [0.15, 0.2) is 0 Å². The summed E-state index contributed by atoms with van der Waals surface area (Å²) in [6, 6.07) is 2.17. The van der Waals surface area contributed by atoms with Crippen LogP contribution < -0.4 is 21.9 Å². The van der Waals surface area contributed by atoms with Gasteiger partial charge in [-0.1, -0.05) is 0 Å². The quantitative estimate of drug-likeness (QED) is 0.325. The molecular formula is C12H20N6O. The van der Waals surface area contributed by atoms with Gasteiger partial charge in [-0.15, -0.1) is 0 Å². The first-order valence-electron chi connectivity index (χ1n) is 6.53. The van der Waals surface area contributed by atoms with E-state index in [4.69, 9.17) is 5.84 Å². The van der Waals surface area contributed by atoms with Gasteiger partial charge in [-0.2, -0.15) is 0 Å². The van der Waals surface area contributed by atoms with Crippen LogP contribution in [0.15, 0.2) is 6.07 Å². The first-order valence-corrected chi connectivity index (χ1v) is 6.53. The Hall–Kier alpha value is -1.89. The van der Waals surface area contributed by atoms with E-state index < -0.39 is 0 Å². The Kier molecular flexibility index (Phi) is 4.51. The van der Waals surface area contributed by atoms with Gasteiger partial charge in [-0.05, 0) is 26.2 Å². The third kappa shape index (κ3) is 4.70. The van der Waals surface area contributed by atoms with E-state index >= 15 is 0 Å². The van der Waals surface area contributed by atoms with Crippen molar-refractivity contribution in [2.24, 2.45) is 5.84 Å². The lowest BCUT2D eigenvalue weighted by Gasteiger charge is -2.08. The zero-order chi connectivity index (χ0) is 13.7. The van der Waals surface area contributed by atoms with Crippen molar-refractivity contribution in [3.63, 3.8) is 0 Å². The van der Waals surface area contributed by atoms with Crippen LogP contribution in [0.25, 0.3) is 0 Å². The minimum absolute atomic E-state index is 0.132. The van der Waals surface area contributed by atoms with Crippen LogP contribution in [0.4, 0.5) is 11.6 Å². The van der Waals surface area contributed by atoms with Crippen molar-refractivity contribution in [1.29, 1.82) is 0 Å². The van der Waals surface area contributed by atoms with Gasteiger partial charge < -0.3 is 16.1 Å². The minimum atomic E-state index is 0.132. The van der Waals surface area contributed by atoms with Gasteiger partial charge in [-0.3, -0.25) is 4.79 Å². The van der Waals surface area contributed by atoms with Gasteiger partial charge in [0.1, 0.15) is 17.5 Å². The number of aryl methyl sites for hydroxylation is 1. The molecule has 1 aliphatic carbocycles. The molecule has 0 bridgehead atoms. The van der Waals surface area contributed by atoms with Crippen molar-refractivity contribution in [2.45, 2.75) is 38.6 Å². The fourth-order valence-corrected chi connectivity index (χ4v) is 1.73. The minimum Gasteiger partial charge on any atom is -0.370 e. The van der Waals surface area contributed by atoms with Gasteiger partial charge in [0.25, 0.3) is 0 Å². The smallest absolute Gasteiger partial charge is 0.220 e. The number of anilines is 2. The molecular weight excluding hydrogens is 244 g/mol. The number of amides is 1. The molecule has 104 valence electrons. The van der Waals surface area contributed by atoms with Crippen molar-refractivity contribution >= 4 is 17.5 Å². The molecule has 0 spiro atoms. The maximum Gasteiger partial charge on any atom is 0.220 e. The van der Waals surface area contributed by atoms with Crippen LogP contribution in [-0.4, -0.2) is 28.5 Å². The number of carbonyl (C=O) groups is 1. The molecule has 0 aromatic carbocycles. The van der Waals surface area contributed by atoms with Crippen LogP contribution in [0.3, 0.4) is 0 Å². The number of rotatable bonds is 7. The standard InChI is InChI=1S/C12H20N6O/c1-8-15-10(7-11(16-8)18-13)14-6-2-3-12(19)17-9-4-5-9/h7,9H,2-6,13H2,1H3,(H,17,19)(H2,14,15,16,18). The van der Waals surface area contributed by atoms with Gasteiger partial charge in [0, 0.05) is 25.1 Å². The number of nitrogens with zero attached hydrogens (tertiary/aromatic N) is 2. The lowest BCUT2D eigenvalue weighted by Crippen LogP contribution is -2.25. The molecule has 0 atom stereocenters. The molecule has 7 heteroatoms. The summed E-state index contributed by atoms with van der Waals surface area (Å²) in [7, 11) is 0. The van der Waals surface area contributed by atoms with Crippen molar-refractivity contribution in [2.75, 3.05) is 17.3 Å². The van der Waals surface area contributed by atoms with Crippen molar-refractivity contribution in [3.05, 3.63) is 11.9 Å². The second kappa shape index (κ2) is 6.33. The highest BCUT2D eigenvalue weighted by molar-refractivity contribution is 5.76. The van der Waals surface area contributed by atoms with E-state index in [1.54, 1.807) is 13.0 Å². The van der Waals surface area contributed by atoms with Crippen LogP contribution in [0, 0.1) is 6.92 Å². The van der Waals surface area contributed by atoms with Crippen LogP contribution in [-0.2, 0) is 4.79 Å². The highest BCUT2D eigenvalue weighted by Crippen LogP contribution is 2.18. The molecule has 7 nitrogen and oxygen atoms in total. The second-order valence-electron chi connectivity index (χ2n) is 4.70. The molecule has 0 unspecified atom stereocenters. The average Bonchev–Trinajstić information content (AvgIpc) is 3.18. The van der Waals surface area contributed by atoms with E-state index in [2.05, 4.69) is 26.0 Å². The molecule has 5 N–H and O–H groups in total. The summed E-state index contributed by atoms with van der Waals surface area (Å²) in [6.07, 6.45) is 3.56. The predicted octanol–water partition coefficient (Wildman–Crippen LogP) is 0.541. The van der Waals surface area contributed by atoms with Crippen molar-refractivity contribution in [1.82, 2.24) is 15.3 Å². The Morgan fingerprint density at radius 1 is 1.42 bits per heavy atom. The van der Waals surface area contributed by atoms with Gasteiger partial charge in [0.2, 0.25) is 5.91 Å². The first-order chi connectivity index (χ1) is 9.17. The van der Waals surface area contributed by atoms with E-state index in [0.717, 1.165) is 19.3 Å². The summed E-state index contributed by atoms with van der Waals surface area (Å²) in [4.78, 5) is 19.8. The predicted molar refractivity (Wildman–Crippen MR) is 73.5 cm³/mol. The van der Waals surface area contributed by atoms with E-state index in [-0.39, 0.29) is 5.91 Å². The van der Waals surface area contributed by atoms with E-state index in [1.165, 1.54) is 0 Å². The molecule has 1 amide bonds. The summed E-state index contributed by atoms with van der Waals surface area (Å²) in [5, 5.41) is 6.12. The number of hydrogen-bond acceptors (Lipinski definition) is 6. The Balaban J connectivity index is 1.69. The fourth-order valence-electron chi connectivity index (χ4n) is 1.73. The van der Waals surface area contributed by atoms with Crippen LogP contribution in [0.5, 0.6) is 0 Å². The Labute approximate surface area is 112 Å². The molecule has 19 heavy (non-hydrogen) atoms. The SMILES string of the molecule is Cc1nc(NN)cc(NCCCC(=O)NC2CC2)n1. The fraction of sp³-hybridized carbons (Fsp3) is 0.583. The number of carbonyl (C=O) groups excluding carboxylic acids is 1. The molecule has 1 aromatic heterocycles. The van der Waals surface area contributed by atoms with Crippen LogP contribution in [0.2, 0.25) is 0 Å². The summed E-state index contributed by atoms with van der Waals surface area (Å²) in [5.74, 6) is 7.37. The monoisotopic (exact) mass is 264 g/mol. The summed E-state index contributed by atoms with van der Waals surface area (Å²) in [6.45, 7) is 2.49. The van der Waals surface area contributed by atoms with Gasteiger partial charge >= 0.3 is 0 Å². The zero-order valence-corrected chi connectivity index (χ0v) is 11.1. The first kappa shape index (κ1) is 13.5. The summed E-state index contributed by atoms with van der Waals surface area (Å²) in [5.41, 5.74) is 2.49. The number of hydrogen-bond donors (Lipinski definition) is 4. The van der Waals surface area contributed by atoms with Gasteiger partial charge in [-0.25, -0.2) is 15.8 Å². The Bertz CT molecular complexity index is 446. The summed E-state index contributed by atoms with van der Waals surface area (Å²) < 4.78 is 0. The Morgan fingerprint density at radius 3 is 2.84 bits per heavy atom. The molecule has 0 saturated heterocycles. The number of aromatic nitrogens is 2. The largest absolute Gasteiger partial charge is 0.370 e. The Morgan fingerprint density at radius 2 is 2.16 bits per heavy atom. The molecule has 1 aliphatic rings. The average molecular weight is 264 g/mol. The van der Waals surface area contributed by atoms with Crippen LogP contribution >= 0.6 is 0 Å².